The number of phenolic OH excluding ortho intramolecular Hbond substituents is 1. The Labute approximate surface area is 119 Å². The fourth-order valence-electron chi connectivity index (χ4n) is 2.00. The minimum Gasteiger partial charge on any atom is -0.508 e. The summed E-state index contributed by atoms with van der Waals surface area (Å²) in [5.74, 6) is -0.136. The third-order valence-electron chi connectivity index (χ3n) is 2.99. The first-order valence-electron chi connectivity index (χ1n) is 6.70. The van der Waals surface area contributed by atoms with Crippen molar-refractivity contribution in [2.45, 2.75) is 26.3 Å². The highest BCUT2D eigenvalue weighted by Gasteiger charge is 2.20. The third-order valence-corrected chi connectivity index (χ3v) is 2.99. The minimum atomic E-state index is -0.485. The summed E-state index contributed by atoms with van der Waals surface area (Å²) in [5.41, 5.74) is 0.721. The molecule has 0 spiro atoms. The smallest absolute Gasteiger partial charge is 0.307 e. The molecule has 1 atom stereocenters. The van der Waals surface area contributed by atoms with E-state index >= 15 is 0 Å². The molecule has 0 fully saturated rings. The summed E-state index contributed by atoms with van der Waals surface area (Å²) in [7, 11) is 0. The largest absolute Gasteiger partial charge is 0.508 e. The highest BCUT2D eigenvalue weighted by molar-refractivity contribution is 5.69. The van der Waals surface area contributed by atoms with Crippen LogP contribution in [0.2, 0.25) is 0 Å². The normalized spacial score (nSPS) is 11.9. The van der Waals surface area contributed by atoms with Gasteiger partial charge in [0.2, 0.25) is 0 Å². The third kappa shape index (κ3) is 4.56. The monoisotopic (exact) mass is 276 g/mol. The molecule has 0 aliphatic carbocycles. The van der Waals surface area contributed by atoms with Crippen LogP contribution >= 0.6 is 0 Å². The molecule has 0 aliphatic rings. The average Bonchev–Trinajstić information content (AvgIpc) is 2.43. The van der Waals surface area contributed by atoms with E-state index in [0.717, 1.165) is 5.56 Å². The van der Waals surface area contributed by atoms with Crippen molar-refractivity contribution in [2.75, 3.05) is 19.7 Å². The van der Waals surface area contributed by atoms with Crippen molar-refractivity contribution in [2.24, 2.45) is 0 Å². The maximum Gasteiger partial charge on any atom is 0.307 e. The zero-order valence-corrected chi connectivity index (χ0v) is 11.9. The Balaban J connectivity index is 2.75. The Hall–Kier alpha value is -2.06. The van der Waals surface area contributed by atoms with Crippen molar-refractivity contribution in [1.29, 1.82) is 5.26 Å². The Morgan fingerprint density at radius 2 is 2.25 bits per heavy atom. The molecular weight excluding hydrogens is 256 g/mol. The van der Waals surface area contributed by atoms with Crippen LogP contribution in [0.25, 0.3) is 0 Å². The van der Waals surface area contributed by atoms with Gasteiger partial charge in [0.1, 0.15) is 11.8 Å². The van der Waals surface area contributed by atoms with Gasteiger partial charge in [-0.15, -0.1) is 0 Å². The molecule has 0 radical (unpaired) electrons. The summed E-state index contributed by atoms with van der Waals surface area (Å²) in [6.07, 6.45) is 0.249. The lowest BCUT2D eigenvalue weighted by Gasteiger charge is -2.25. The molecule has 1 unspecified atom stereocenters. The molecule has 1 N–H and O–H groups in total. The van der Waals surface area contributed by atoms with Crippen LogP contribution < -0.4 is 0 Å². The number of hydrogen-bond donors (Lipinski definition) is 1. The maximum absolute atomic E-state index is 11.4. The Morgan fingerprint density at radius 1 is 1.50 bits per heavy atom. The number of nitriles is 1. The SMILES string of the molecule is CCOC(=O)CCN(CC)C(C#N)c1cccc(O)c1. The highest BCUT2D eigenvalue weighted by Crippen LogP contribution is 2.23. The van der Waals surface area contributed by atoms with E-state index in [0.29, 0.717) is 19.7 Å². The number of aromatic hydroxyl groups is 1. The van der Waals surface area contributed by atoms with E-state index in [9.17, 15) is 15.2 Å². The van der Waals surface area contributed by atoms with Crippen molar-refractivity contribution in [1.82, 2.24) is 4.90 Å². The van der Waals surface area contributed by atoms with E-state index in [-0.39, 0.29) is 18.1 Å². The molecule has 0 bridgehead atoms. The van der Waals surface area contributed by atoms with Gasteiger partial charge in [0.05, 0.1) is 19.1 Å². The molecule has 0 saturated heterocycles. The number of carbonyl (C=O) groups is 1. The standard InChI is InChI=1S/C15H20N2O3/c1-3-17(9-8-15(19)20-4-2)14(11-16)12-6-5-7-13(18)10-12/h5-7,10,14,18H,3-4,8-9H2,1-2H3. The van der Waals surface area contributed by atoms with E-state index in [1.807, 2.05) is 11.8 Å². The van der Waals surface area contributed by atoms with Crippen molar-refractivity contribution in [3.63, 3.8) is 0 Å². The number of nitrogens with zero attached hydrogens (tertiary/aromatic N) is 2. The van der Waals surface area contributed by atoms with Gasteiger partial charge < -0.3 is 9.84 Å². The molecule has 5 heteroatoms. The zero-order chi connectivity index (χ0) is 15.0. The maximum atomic E-state index is 11.4. The van der Waals surface area contributed by atoms with Crippen molar-refractivity contribution in [3.05, 3.63) is 29.8 Å². The topological polar surface area (TPSA) is 73.6 Å². The molecule has 0 heterocycles. The molecule has 0 aliphatic heterocycles. The fraction of sp³-hybridized carbons (Fsp3) is 0.467. The van der Waals surface area contributed by atoms with Gasteiger partial charge in [0.15, 0.2) is 0 Å². The molecule has 0 amide bonds. The van der Waals surface area contributed by atoms with Crippen molar-refractivity contribution in [3.8, 4) is 11.8 Å². The van der Waals surface area contributed by atoms with Gasteiger partial charge in [-0.05, 0) is 31.2 Å². The van der Waals surface area contributed by atoms with E-state index in [2.05, 4.69) is 6.07 Å². The first-order chi connectivity index (χ1) is 9.62. The number of carbonyl (C=O) groups excluding carboxylic acids is 1. The Kier molecular flexibility index (Phi) is 6.54. The minimum absolute atomic E-state index is 0.129. The van der Waals surface area contributed by atoms with Crippen LogP contribution in [-0.4, -0.2) is 35.7 Å². The lowest BCUT2D eigenvalue weighted by Crippen LogP contribution is -2.30. The predicted octanol–water partition coefficient (Wildman–Crippen LogP) is 2.23. The molecule has 1 aromatic carbocycles. The molecule has 5 nitrogen and oxygen atoms in total. The van der Waals surface area contributed by atoms with Crippen LogP contribution in [0, 0.1) is 11.3 Å². The number of benzene rings is 1. The van der Waals surface area contributed by atoms with E-state index in [1.165, 1.54) is 0 Å². The summed E-state index contributed by atoms with van der Waals surface area (Å²) in [4.78, 5) is 13.3. The second-order valence-electron chi connectivity index (χ2n) is 4.31. The fourth-order valence-corrected chi connectivity index (χ4v) is 2.00. The predicted molar refractivity (Wildman–Crippen MR) is 75.0 cm³/mol. The number of phenols is 1. The van der Waals surface area contributed by atoms with Gasteiger partial charge in [0, 0.05) is 6.54 Å². The van der Waals surface area contributed by atoms with Gasteiger partial charge in [-0.25, -0.2) is 0 Å². The summed E-state index contributed by atoms with van der Waals surface area (Å²) < 4.78 is 4.89. The Morgan fingerprint density at radius 3 is 2.80 bits per heavy atom. The van der Waals surface area contributed by atoms with Crippen LogP contribution in [0.4, 0.5) is 0 Å². The number of hydrogen-bond acceptors (Lipinski definition) is 5. The number of ether oxygens (including phenoxy) is 1. The first kappa shape index (κ1) is 16.0. The molecule has 0 aromatic heterocycles. The zero-order valence-electron chi connectivity index (χ0n) is 11.9. The molecule has 0 saturated carbocycles. The molecule has 1 aromatic rings. The summed E-state index contributed by atoms with van der Waals surface area (Å²) in [6, 6.07) is 8.36. The Bertz CT molecular complexity index is 482. The van der Waals surface area contributed by atoms with Gasteiger partial charge >= 0.3 is 5.97 Å². The molecule has 20 heavy (non-hydrogen) atoms. The highest BCUT2D eigenvalue weighted by atomic mass is 16.5. The van der Waals surface area contributed by atoms with Crippen molar-refractivity contribution < 1.29 is 14.6 Å². The lowest BCUT2D eigenvalue weighted by molar-refractivity contribution is -0.143. The molecule has 1 rings (SSSR count). The van der Waals surface area contributed by atoms with E-state index in [1.54, 1.807) is 31.2 Å². The second-order valence-corrected chi connectivity index (χ2v) is 4.31. The summed E-state index contributed by atoms with van der Waals surface area (Å²) in [6.45, 7) is 5.13. The molecule has 108 valence electrons. The van der Waals surface area contributed by atoms with Crippen LogP contribution in [0.3, 0.4) is 0 Å². The van der Waals surface area contributed by atoms with Gasteiger partial charge in [-0.3, -0.25) is 9.69 Å². The van der Waals surface area contributed by atoms with Crippen LogP contribution in [0.15, 0.2) is 24.3 Å². The lowest BCUT2D eigenvalue weighted by atomic mass is 10.1. The van der Waals surface area contributed by atoms with Crippen LogP contribution in [0.5, 0.6) is 5.75 Å². The van der Waals surface area contributed by atoms with E-state index in [4.69, 9.17) is 4.74 Å². The first-order valence-corrected chi connectivity index (χ1v) is 6.70. The second kappa shape index (κ2) is 8.18. The van der Waals surface area contributed by atoms with Gasteiger partial charge in [-0.2, -0.15) is 5.26 Å². The number of rotatable bonds is 7. The summed E-state index contributed by atoms with van der Waals surface area (Å²) in [5, 5.41) is 18.8. The van der Waals surface area contributed by atoms with Crippen molar-refractivity contribution >= 4 is 5.97 Å². The molecular formula is C15H20N2O3. The number of esters is 1. The van der Waals surface area contributed by atoms with Gasteiger partial charge in [-0.1, -0.05) is 19.1 Å². The average molecular weight is 276 g/mol. The summed E-state index contributed by atoms with van der Waals surface area (Å²) >= 11 is 0. The quantitative estimate of drug-likeness (QED) is 0.773. The van der Waals surface area contributed by atoms with Crippen LogP contribution in [-0.2, 0) is 9.53 Å². The van der Waals surface area contributed by atoms with Gasteiger partial charge in [0.25, 0.3) is 0 Å². The van der Waals surface area contributed by atoms with Crippen LogP contribution in [0.1, 0.15) is 31.9 Å². The van der Waals surface area contributed by atoms with E-state index < -0.39 is 6.04 Å².